The summed E-state index contributed by atoms with van der Waals surface area (Å²) in [6.45, 7) is 2.44. The largest absolute Gasteiger partial charge is 0.492 e. The summed E-state index contributed by atoms with van der Waals surface area (Å²) < 4.78 is 46.1. The Morgan fingerprint density at radius 2 is 2.00 bits per heavy atom. The number of nitriles is 1. The van der Waals surface area contributed by atoms with E-state index in [2.05, 4.69) is 4.72 Å². The highest BCUT2D eigenvalue weighted by Crippen LogP contribution is 2.22. The van der Waals surface area contributed by atoms with Crippen LogP contribution in [0.4, 0.5) is 4.39 Å². The second kappa shape index (κ2) is 8.60. The second-order valence-corrected chi connectivity index (χ2v) is 7.12. The molecule has 0 fully saturated rings. The molecule has 0 heterocycles. The van der Waals surface area contributed by atoms with Gasteiger partial charge in [0, 0.05) is 6.54 Å². The summed E-state index contributed by atoms with van der Waals surface area (Å²) in [6.07, 6.45) is 1.01. The number of ether oxygens (including phenoxy) is 1. The molecule has 2 rings (SSSR count). The van der Waals surface area contributed by atoms with E-state index in [0.717, 1.165) is 6.42 Å². The van der Waals surface area contributed by atoms with Crippen molar-refractivity contribution < 1.29 is 17.5 Å². The van der Waals surface area contributed by atoms with Gasteiger partial charge in [0.05, 0.1) is 17.1 Å². The lowest BCUT2D eigenvalue weighted by Gasteiger charge is -2.10. The van der Waals surface area contributed by atoms with Crippen molar-refractivity contribution in [3.05, 3.63) is 59.4 Å². The minimum absolute atomic E-state index is 0.0265. The fourth-order valence-electron chi connectivity index (χ4n) is 2.21. The molecule has 5 nitrogen and oxygen atoms in total. The Morgan fingerprint density at radius 3 is 2.68 bits per heavy atom. The lowest BCUT2D eigenvalue weighted by atomic mass is 10.1. The van der Waals surface area contributed by atoms with Crippen LogP contribution in [-0.2, 0) is 16.4 Å². The van der Waals surface area contributed by atoms with Gasteiger partial charge in [0.25, 0.3) is 0 Å². The van der Waals surface area contributed by atoms with Crippen molar-refractivity contribution in [2.24, 2.45) is 0 Å². The first-order valence-corrected chi connectivity index (χ1v) is 9.36. The number of hydrogen-bond donors (Lipinski definition) is 1. The minimum atomic E-state index is -3.79. The molecule has 1 N–H and O–H groups in total. The number of sulfonamides is 1. The minimum Gasteiger partial charge on any atom is -0.492 e. The molecule has 0 aliphatic rings. The van der Waals surface area contributed by atoms with Gasteiger partial charge in [0.2, 0.25) is 10.0 Å². The highest BCUT2D eigenvalue weighted by atomic mass is 32.2. The summed E-state index contributed by atoms with van der Waals surface area (Å²) in [5.41, 5.74) is 0.594. The third-order valence-electron chi connectivity index (χ3n) is 3.49. The predicted octanol–water partition coefficient (Wildman–Crippen LogP) is 3.01. The number of halogens is 1. The van der Waals surface area contributed by atoms with Crippen LogP contribution in [-0.4, -0.2) is 21.6 Å². The van der Waals surface area contributed by atoms with Gasteiger partial charge in [-0.25, -0.2) is 17.5 Å². The van der Waals surface area contributed by atoms with Crippen molar-refractivity contribution in [3.8, 4) is 11.8 Å². The van der Waals surface area contributed by atoms with E-state index < -0.39 is 10.0 Å². The van der Waals surface area contributed by atoms with Crippen LogP contribution in [0, 0.1) is 17.1 Å². The number of benzene rings is 2. The van der Waals surface area contributed by atoms with E-state index in [1.807, 2.05) is 13.0 Å². The predicted molar refractivity (Wildman–Crippen MR) is 92.2 cm³/mol. The van der Waals surface area contributed by atoms with Crippen molar-refractivity contribution in [1.29, 1.82) is 5.26 Å². The summed E-state index contributed by atoms with van der Waals surface area (Å²) in [5.74, 6) is -0.0134. The van der Waals surface area contributed by atoms with Gasteiger partial charge in [-0.05, 0) is 42.7 Å². The Kier molecular flexibility index (Phi) is 6.51. The molecule has 25 heavy (non-hydrogen) atoms. The normalized spacial score (nSPS) is 11.1. The first-order valence-electron chi connectivity index (χ1n) is 7.88. The van der Waals surface area contributed by atoms with Crippen LogP contribution in [0.25, 0.3) is 0 Å². The van der Waals surface area contributed by atoms with Gasteiger partial charge in [0.15, 0.2) is 0 Å². The molecule has 0 unspecified atom stereocenters. The highest BCUT2D eigenvalue weighted by Gasteiger charge is 2.16. The smallest absolute Gasteiger partial charge is 0.240 e. The van der Waals surface area contributed by atoms with Gasteiger partial charge in [-0.3, -0.25) is 0 Å². The average molecular weight is 362 g/mol. The molecule has 0 aromatic heterocycles. The third kappa shape index (κ3) is 5.02. The lowest BCUT2D eigenvalue weighted by Crippen LogP contribution is -2.26. The van der Waals surface area contributed by atoms with Gasteiger partial charge in [0.1, 0.15) is 17.6 Å². The molecular formula is C18H19FN2O3S. The van der Waals surface area contributed by atoms with E-state index in [1.165, 1.54) is 24.3 Å². The molecule has 2 aromatic carbocycles. The summed E-state index contributed by atoms with van der Waals surface area (Å²) in [5, 5.41) is 9.18. The highest BCUT2D eigenvalue weighted by molar-refractivity contribution is 7.89. The average Bonchev–Trinajstić information content (AvgIpc) is 2.61. The van der Waals surface area contributed by atoms with Gasteiger partial charge < -0.3 is 4.74 Å². The molecule has 0 saturated carbocycles. The van der Waals surface area contributed by atoms with E-state index in [9.17, 15) is 18.1 Å². The maximum absolute atomic E-state index is 13.6. The summed E-state index contributed by atoms with van der Waals surface area (Å²) >= 11 is 0. The van der Waals surface area contributed by atoms with Crippen molar-refractivity contribution in [1.82, 2.24) is 4.72 Å². The molecule has 0 bridgehead atoms. The first kappa shape index (κ1) is 18.9. The van der Waals surface area contributed by atoms with Crippen molar-refractivity contribution >= 4 is 10.0 Å². The van der Waals surface area contributed by atoms with Crippen molar-refractivity contribution in [3.63, 3.8) is 0 Å². The summed E-state index contributed by atoms with van der Waals surface area (Å²) in [4.78, 5) is -0.0265. The molecule has 2 aromatic rings. The van der Waals surface area contributed by atoms with Gasteiger partial charge in [-0.1, -0.05) is 25.1 Å². The maximum atomic E-state index is 13.6. The topological polar surface area (TPSA) is 79.2 Å². The van der Waals surface area contributed by atoms with E-state index >= 15 is 0 Å². The molecule has 0 radical (unpaired) electrons. The number of nitrogens with zero attached hydrogens (tertiary/aromatic N) is 1. The zero-order chi connectivity index (χ0) is 18.3. The van der Waals surface area contributed by atoms with Crippen LogP contribution >= 0.6 is 0 Å². The van der Waals surface area contributed by atoms with E-state index in [4.69, 9.17) is 4.74 Å². The van der Waals surface area contributed by atoms with Gasteiger partial charge >= 0.3 is 0 Å². The number of nitrogens with one attached hydrogen (secondary N) is 1. The second-order valence-electron chi connectivity index (χ2n) is 5.36. The molecule has 0 aliphatic heterocycles. The maximum Gasteiger partial charge on any atom is 0.240 e. The fourth-order valence-corrected chi connectivity index (χ4v) is 3.26. The van der Waals surface area contributed by atoms with Crippen LogP contribution < -0.4 is 9.46 Å². The Balaban J connectivity index is 2.08. The monoisotopic (exact) mass is 362 g/mol. The third-order valence-corrected chi connectivity index (χ3v) is 4.95. The number of hydrogen-bond acceptors (Lipinski definition) is 4. The molecule has 0 amide bonds. The van der Waals surface area contributed by atoms with Crippen LogP contribution in [0.15, 0.2) is 47.4 Å². The van der Waals surface area contributed by atoms with Crippen molar-refractivity contribution in [2.45, 2.75) is 24.7 Å². The Hall–Kier alpha value is -2.43. The standard InChI is InChI=1S/C18H19FN2O3S/c1-2-11-24-18-8-7-16(12-15(18)13-20)25(22,23)21-10-9-14-5-3-4-6-17(14)19/h3-8,12,21H,2,9-11H2,1H3. The Labute approximate surface area is 147 Å². The SMILES string of the molecule is CCCOc1ccc(S(=O)(=O)NCCc2ccccc2F)cc1C#N. The fraction of sp³-hybridized carbons (Fsp3) is 0.278. The van der Waals surface area contributed by atoms with Crippen molar-refractivity contribution in [2.75, 3.05) is 13.2 Å². The van der Waals surface area contributed by atoms with Gasteiger partial charge in [-0.15, -0.1) is 0 Å². The quantitative estimate of drug-likeness (QED) is 0.783. The zero-order valence-corrected chi connectivity index (χ0v) is 14.6. The molecule has 0 spiro atoms. The van der Waals surface area contributed by atoms with E-state index in [1.54, 1.807) is 18.2 Å². The lowest BCUT2D eigenvalue weighted by molar-refractivity contribution is 0.316. The molecular weight excluding hydrogens is 343 g/mol. The molecule has 0 aliphatic carbocycles. The molecule has 132 valence electrons. The van der Waals surface area contributed by atoms with Crippen LogP contribution in [0.2, 0.25) is 0 Å². The van der Waals surface area contributed by atoms with E-state index in [0.29, 0.717) is 17.9 Å². The molecule has 0 saturated heterocycles. The summed E-state index contributed by atoms with van der Waals surface area (Å²) in [7, 11) is -3.79. The summed E-state index contributed by atoms with van der Waals surface area (Å²) in [6, 6.07) is 12.3. The molecule has 7 heteroatoms. The zero-order valence-electron chi connectivity index (χ0n) is 13.8. The van der Waals surface area contributed by atoms with Crippen LogP contribution in [0.1, 0.15) is 24.5 Å². The van der Waals surface area contributed by atoms with Gasteiger partial charge in [-0.2, -0.15) is 5.26 Å². The molecule has 0 atom stereocenters. The van der Waals surface area contributed by atoms with E-state index in [-0.39, 0.29) is 29.2 Å². The van der Waals surface area contributed by atoms with Crippen LogP contribution in [0.5, 0.6) is 5.75 Å². The Morgan fingerprint density at radius 1 is 1.24 bits per heavy atom. The number of rotatable bonds is 8. The first-order chi connectivity index (χ1) is 12.0. The van der Waals surface area contributed by atoms with Crippen LogP contribution in [0.3, 0.4) is 0 Å². The Bertz CT molecular complexity index is 876.